The number of aryl methyl sites for hydroxylation is 1. The number of fused-ring (bicyclic) bond motifs is 9. The van der Waals surface area contributed by atoms with E-state index in [2.05, 4.69) is 182 Å². The Bertz CT molecular complexity index is 2880. The van der Waals surface area contributed by atoms with Crippen LogP contribution in [0.4, 0.5) is 0 Å². The zero-order valence-electron chi connectivity index (χ0n) is 33.2. The van der Waals surface area contributed by atoms with E-state index in [1.54, 1.807) is 0 Å². The van der Waals surface area contributed by atoms with Crippen LogP contribution in [-0.4, -0.2) is 17.3 Å². The molecule has 0 saturated heterocycles. The molecule has 0 amide bonds. The first-order valence-electron chi connectivity index (χ1n) is 20.5. The quantitative estimate of drug-likeness (QED) is 0.169. The lowest BCUT2D eigenvalue weighted by atomic mass is 9.82. The fraction of sp³-hybridized carbons (Fsp3) is 0.167. The molecule has 0 aliphatic heterocycles. The van der Waals surface area contributed by atoms with Gasteiger partial charge in [0.2, 0.25) is 0 Å². The molecule has 1 heterocycles. The van der Waals surface area contributed by atoms with Crippen LogP contribution >= 0.6 is 0 Å². The van der Waals surface area contributed by atoms with Crippen molar-refractivity contribution in [2.24, 2.45) is 4.99 Å². The molecule has 0 fully saturated rings. The molecular weight excluding hydrogens is 691 g/mol. The van der Waals surface area contributed by atoms with Crippen LogP contribution in [0.5, 0.6) is 0 Å². The molecule has 1 aromatic heterocycles. The van der Waals surface area contributed by atoms with Gasteiger partial charge in [-0.2, -0.15) is 0 Å². The number of nitrogens with one attached hydrogen (secondary N) is 1. The lowest BCUT2D eigenvalue weighted by Crippen LogP contribution is -2.29. The van der Waals surface area contributed by atoms with E-state index in [-0.39, 0.29) is 11.5 Å². The molecule has 0 saturated carbocycles. The van der Waals surface area contributed by atoms with Gasteiger partial charge >= 0.3 is 0 Å². The van der Waals surface area contributed by atoms with Gasteiger partial charge in [0.25, 0.3) is 0 Å². The minimum Gasteiger partial charge on any atom is -0.310 e. The summed E-state index contributed by atoms with van der Waals surface area (Å²) in [5.74, 6) is 0. The monoisotopic (exact) mass is 737 g/mol. The van der Waals surface area contributed by atoms with Crippen molar-refractivity contribution in [3.8, 4) is 39.1 Å². The Balaban J connectivity index is 0.00000195. The van der Waals surface area contributed by atoms with Crippen molar-refractivity contribution in [1.29, 1.82) is 0 Å². The summed E-state index contributed by atoms with van der Waals surface area (Å²) in [5.41, 5.74) is 20.4. The van der Waals surface area contributed by atoms with Crippen LogP contribution < -0.4 is 5.32 Å². The molecule has 7 aromatic rings. The lowest BCUT2D eigenvalue weighted by Gasteiger charge is -2.22. The summed E-state index contributed by atoms with van der Waals surface area (Å²) in [4.78, 5) is 4.70. The van der Waals surface area contributed by atoms with E-state index in [0.717, 1.165) is 36.2 Å². The third kappa shape index (κ3) is 5.33. The smallest absolute Gasteiger partial charge is 0.0751 e. The van der Waals surface area contributed by atoms with Crippen molar-refractivity contribution < 1.29 is 0 Å². The summed E-state index contributed by atoms with van der Waals surface area (Å²) in [6.45, 7) is 13.6. The molecule has 3 heteroatoms. The van der Waals surface area contributed by atoms with Gasteiger partial charge in [0.15, 0.2) is 0 Å². The predicted molar refractivity (Wildman–Crippen MR) is 243 cm³/mol. The largest absolute Gasteiger partial charge is 0.310 e. The fourth-order valence-corrected chi connectivity index (χ4v) is 9.99. The van der Waals surface area contributed by atoms with Gasteiger partial charge in [-0.3, -0.25) is 4.99 Å². The molecule has 0 bridgehead atoms. The average molecular weight is 738 g/mol. The van der Waals surface area contributed by atoms with Crippen molar-refractivity contribution in [2.75, 3.05) is 0 Å². The SMILES string of the molecule is C=N/C(=C1/C=CC=CC1NCc1ccc(-n2c3c(c4cc5c(cc42)-c2ccccc2C5(C)C)CCC=C3)cc1)c1ccc2c3c(cccc13)-c1ccccc1-2.CC. The van der Waals surface area contributed by atoms with Crippen LogP contribution in [0, 0.1) is 0 Å². The first-order valence-corrected chi connectivity index (χ1v) is 20.5. The molecule has 4 aliphatic carbocycles. The Kier molecular flexibility index (Phi) is 8.46. The number of hydrogen-bond donors (Lipinski definition) is 1. The van der Waals surface area contributed by atoms with Crippen LogP contribution in [0.1, 0.15) is 67.6 Å². The van der Waals surface area contributed by atoms with Gasteiger partial charge in [-0.25, -0.2) is 0 Å². The molecule has 1 unspecified atom stereocenters. The Morgan fingerprint density at radius 2 is 1.47 bits per heavy atom. The zero-order valence-corrected chi connectivity index (χ0v) is 33.2. The maximum atomic E-state index is 4.70. The average Bonchev–Trinajstić information content (AvgIpc) is 3.85. The van der Waals surface area contributed by atoms with Crippen LogP contribution in [0.3, 0.4) is 0 Å². The number of aliphatic imine (C=N–C) groups is 1. The third-order valence-electron chi connectivity index (χ3n) is 12.6. The maximum absolute atomic E-state index is 4.70. The van der Waals surface area contributed by atoms with Gasteiger partial charge in [-0.1, -0.05) is 149 Å². The second-order valence-corrected chi connectivity index (χ2v) is 15.9. The molecule has 1 N–H and O–H groups in total. The Hall–Kier alpha value is -6.29. The first kappa shape index (κ1) is 35.1. The van der Waals surface area contributed by atoms with Crippen LogP contribution in [0.2, 0.25) is 0 Å². The number of aromatic nitrogens is 1. The normalized spacial score (nSPS) is 17.2. The molecule has 57 heavy (non-hydrogen) atoms. The summed E-state index contributed by atoms with van der Waals surface area (Å²) < 4.78 is 2.49. The summed E-state index contributed by atoms with van der Waals surface area (Å²) in [6, 6.07) is 42.9. The van der Waals surface area contributed by atoms with Gasteiger partial charge in [0, 0.05) is 34.3 Å². The van der Waals surface area contributed by atoms with E-state index in [9.17, 15) is 0 Å². The summed E-state index contributed by atoms with van der Waals surface area (Å²) in [7, 11) is 0. The molecule has 11 rings (SSSR count). The molecular formula is C54H47N3. The number of hydrogen-bond acceptors (Lipinski definition) is 2. The number of rotatable bonds is 6. The highest BCUT2D eigenvalue weighted by Gasteiger charge is 2.36. The minimum absolute atomic E-state index is 0.00909. The highest BCUT2D eigenvalue weighted by molar-refractivity contribution is 6.17. The maximum Gasteiger partial charge on any atom is 0.0751 e. The topological polar surface area (TPSA) is 29.3 Å². The Morgan fingerprint density at radius 3 is 2.26 bits per heavy atom. The third-order valence-corrected chi connectivity index (χ3v) is 12.6. The van der Waals surface area contributed by atoms with Crippen molar-refractivity contribution in [3.63, 3.8) is 0 Å². The van der Waals surface area contributed by atoms with Crippen LogP contribution in [0.25, 0.3) is 72.5 Å². The highest BCUT2D eigenvalue weighted by Crippen LogP contribution is 2.52. The van der Waals surface area contributed by atoms with Crippen LogP contribution in [-0.2, 0) is 18.4 Å². The summed E-state index contributed by atoms with van der Waals surface area (Å²) in [6.07, 6.45) is 15.5. The summed E-state index contributed by atoms with van der Waals surface area (Å²) >= 11 is 0. The van der Waals surface area contributed by atoms with E-state index < -0.39 is 0 Å². The van der Waals surface area contributed by atoms with Crippen molar-refractivity contribution in [2.45, 2.75) is 58.5 Å². The predicted octanol–water partition coefficient (Wildman–Crippen LogP) is 13.4. The first-order chi connectivity index (χ1) is 28.0. The molecule has 278 valence electrons. The van der Waals surface area contributed by atoms with E-state index >= 15 is 0 Å². The Labute approximate surface area is 336 Å². The Morgan fingerprint density at radius 1 is 0.737 bits per heavy atom. The van der Waals surface area contributed by atoms with Gasteiger partial charge in [-0.05, 0) is 122 Å². The number of benzene rings is 6. The second kappa shape index (κ2) is 13.7. The lowest BCUT2D eigenvalue weighted by molar-refractivity contribution is 0.658. The molecule has 1 atom stereocenters. The second-order valence-electron chi connectivity index (χ2n) is 15.9. The number of allylic oxidation sites excluding steroid dienone is 3. The fourth-order valence-electron chi connectivity index (χ4n) is 9.99. The van der Waals surface area contributed by atoms with Gasteiger partial charge < -0.3 is 9.88 Å². The standard InChI is InChI=1S/C52H41N3.C2H6/c1-52(2)45-20-9-6-15-36(45)43-30-49-44(29-46(43)52)37-16-8-11-22-48(37)55(49)33-25-23-32(24-26-33)31-54-47-21-10-7-17-42(47)51(53-3)41-28-27-40-35-14-5-4-13-34(35)38-18-12-19-39(41)50(38)40;1-2/h4-7,9-15,17-30,47,54H,3,8,16,31H2,1-2H3;1-2H3/b51-42-;. The van der Waals surface area contributed by atoms with Crippen molar-refractivity contribution >= 4 is 40.2 Å². The number of nitrogens with zero attached hydrogens (tertiary/aromatic N) is 2. The van der Waals surface area contributed by atoms with E-state index in [4.69, 9.17) is 4.99 Å². The highest BCUT2D eigenvalue weighted by atomic mass is 15.0. The summed E-state index contributed by atoms with van der Waals surface area (Å²) in [5, 5.41) is 7.75. The minimum atomic E-state index is -0.0167. The molecule has 3 nitrogen and oxygen atoms in total. The molecule has 0 spiro atoms. The van der Waals surface area contributed by atoms with Gasteiger partial charge in [0.1, 0.15) is 0 Å². The van der Waals surface area contributed by atoms with Gasteiger partial charge in [-0.15, -0.1) is 0 Å². The van der Waals surface area contributed by atoms with E-state index in [1.807, 2.05) is 13.8 Å². The van der Waals surface area contributed by atoms with E-state index in [1.165, 1.54) is 88.7 Å². The van der Waals surface area contributed by atoms with Crippen molar-refractivity contribution in [1.82, 2.24) is 9.88 Å². The molecule has 0 radical (unpaired) electrons. The van der Waals surface area contributed by atoms with Crippen LogP contribution in [0.15, 0.2) is 156 Å². The van der Waals surface area contributed by atoms with Crippen molar-refractivity contribution in [3.05, 3.63) is 185 Å². The van der Waals surface area contributed by atoms with Gasteiger partial charge in [0.05, 0.1) is 17.3 Å². The van der Waals surface area contributed by atoms with E-state index in [0.29, 0.717) is 0 Å². The molecule has 4 aliphatic rings. The molecule has 6 aromatic carbocycles. The zero-order chi connectivity index (χ0) is 38.8.